The van der Waals surface area contributed by atoms with Crippen LogP contribution in [0.2, 0.25) is 5.82 Å². The molecule has 0 radical (unpaired) electrons. The zero-order chi connectivity index (χ0) is 13.3. The number of quaternary nitrogens is 1. The van der Waals surface area contributed by atoms with Gasteiger partial charge in [0.25, 0.3) is 0 Å². The fraction of sp³-hybridized carbons (Fsp3) is 0.818. The van der Waals surface area contributed by atoms with E-state index >= 15 is 0 Å². The van der Waals surface area contributed by atoms with Crippen molar-refractivity contribution in [1.82, 2.24) is 0 Å². The Bertz CT molecular complexity index is 428. The van der Waals surface area contributed by atoms with Crippen LogP contribution in [-0.2, 0) is 9.59 Å². The number of carbonyl (C=O) groups excluding carboxylic acids is 2. The summed E-state index contributed by atoms with van der Waals surface area (Å²) >= 11 is 0. The summed E-state index contributed by atoms with van der Waals surface area (Å²) in [5, 5.41) is 0. The summed E-state index contributed by atoms with van der Waals surface area (Å²) in [5.74, 6) is -2.18. The molecule has 3 fully saturated rings. The number of alkyl halides is 3. The van der Waals surface area contributed by atoms with Gasteiger partial charge in [-0.2, -0.15) is 13.2 Å². The Morgan fingerprint density at radius 3 is 2.06 bits per heavy atom. The van der Waals surface area contributed by atoms with E-state index in [2.05, 4.69) is 0 Å². The van der Waals surface area contributed by atoms with Gasteiger partial charge in [-0.1, -0.05) is 12.2 Å². The SMILES string of the molecule is C[N+]12CCC(=O)[B-]1(C1CC1C(F)(F)F)C(=O)CC2. The molecule has 2 aliphatic heterocycles. The van der Waals surface area contributed by atoms with E-state index in [0.29, 0.717) is 13.1 Å². The predicted octanol–water partition coefficient (Wildman–Crippen LogP) is 1.35. The number of fused-ring (bicyclic) bond motifs is 1. The summed E-state index contributed by atoms with van der Waals surface area (Å²) < 4.78 is 38.5. The molecule has 0 aromatic rings. The van der Waals surface area contributed by atoms with Gasteiger partial charge in [0, 0.05) is 38.9 Å². The van der Waals surface area contributed by atoms with Crippen LogP contribution < -0.4 is 0 Å². The third-order valence-electron chi connectivity index (χ3n) is 5.58. The molecule has 0 aromatic heterocycles. The van der Waals surface area contributed by atoms with Gasteiger partial charge in [0.1, 0.15) is 0 Å². The lowest BCUT2D eigenvalue weighted by Gasteiger charge is -2.46. The molecule has 2 heterocycles. The van der Waals surface area contributed by atoms with Gasteiger partial charge >= 0.3 is 12.5 Å². The standard InChI is InChI=1S/C11H15BF3NO2/c1-16-4-2-9(17)12(16,10(18)3-5-16)8-6-7(8)11(13,14)15/h7-8H,2-6H2,1H3. The number of hydrogen-bond acceptors (Lipinski definition) is 2. The van der Waals surface area contributed by atoms with Crippen LogP contribution in [0.3, 0.4) is 0 Å². The molecular weight excluding hydrogens is 246 g/mol. The van der Waals surface area contributed by atoms with Crippen LogP contribution in [0, 0.1) is 5.92 Å². The molecule has 3 nitrogen and oxygen atoms in total. The highest BCUT2D eigenvalue weighted by atomic mass is 19.4. The van der Waals surface area contributed by atoms with Crippen molar-refractivity contribution in [3.8, 4) is 0 Å². The third-order valence-corrected chi connectivity index (χ3v) is 5.58. The highest BCUT2D eigenvalue weighted by Gasteiger charge is 2.74. The molecule has 0 spiro atoms. The largest absolute Gasteiger partial charge is 0.506 e. The Balaban J connectivity index is 2.02. The Morgan fingerprint density at radius 1 is 1.17 bits per heavy atom. The first kappa shape index (κ1) is 12.2. The minimum Gasteiger partial charge on any atom is -0.506 e. The van der Waals surface area contributed by atoms with E-state index in [9.17, 15) is 22.8 Å². The number of hydrogen-bond donors (Lipinski definition) is 0. The van der Waals surface area contributed by atoms with Crippen LogP contribution in [0.25, 0.3) is 0 Å². The van der Waals surface area contributed by atoms with Gasteiger partial charge in [-0.15, -0.1) is 0 Å². The van der Waals surface area contributed by atoms with Crippen molar-refractivity contribution in [3.63, 3.8) is 0 Å². The van der Waals surface area contributed by atoms with Gasteiger partial charge in [-0.25, -0.2) is 0 Å². The second-order valence-electron chi connectivity index (χ2n) is 6.29. The fourth-order valence-corrected chi connectivity index (χ4v) is 4.63. The second kappa shape index (κ2) is 3.18. The van der Waals surface area contributed by atoms with Crippen LogP contribution in [0.4, 0.5) is 13.2 Å². The molecule has 1 aliphatic carbocycles. The van der Waals surface area contributed by atoms with Crippen molar-refractivity contribution < 1.29 is 27.2 Å². The number of halogens is 3. The van der Waals surface area contributed by atoms with Gasteiger partial charge < -0.3 is 14.0 Å². The highest BCUT2D eigenvalue weighted by Crippen LogP contribution is 2.63. The minimum absolute atomic E-state index is 0.0329. The molecular formula is C11H15BF3NO2. The fourth-order valence-electron chi connectivity index (χ4n) is 4.63. The van der Waals surface area contributed by atoms with Gasteiger partial charge in [0.05, 0.1) is 11.4 Å². The average Bonchev–Trinajstić information content (AvgIpc) is 2.95. The normalized spacial score (nSPS) is 47.6. The van der Waals surface area contributed by atoms with Crippen LogP contribution in [-0.4, -0.2) is 48.4 Å². The highest BCUT2D eigenvalue weighted by molar-refractivity contribution is 7.22. The molecule has 2 unspecified atom stereocenters. The summed E-state index contributed by atoms with van der Waals surface area (Å²) in [7, 11) is 1.79. The Hall–Kier alpha value is -0.845. The summed E-state index contributed by atoms with van der Waals surface area (Å²) in [5.41, 5.74) is -0.395. The first-order chi connectivity index (χ1) is 8.23. The quantitative estimate of drug-likeness (QED) is 0.668. The average molecular weight is 261 g/mol. The molecule has 0 aromatic carbocycles. The smallest absolute Gasteiger partial charge is 0.389 e. The summed E-state index contributed by atoms with van der Waals surface area (Å²) in [6.07, 6.45) is -5.92. The van der Waals surface area contributed by atoms with E-state index in [-0.39, 0.29) is 35.0 Å². The Labute approximate surface area is 103 Å². The van der Waals surface area contributed by atoms with E-state index in [4.69, 9.17) is 0 Å². The van der Waals surface area contributed by atoms with Crippen molar-refractivity contribution in [2.24, 2.45) is 5.92 Å². The molecule has 0 N–H and O–H groups in total. The lowest BCUT2D eigenvalue weighted by molar-refractivity contribution is -0.799. The zero-order valence-corrected chi connectivity index (χ0v) is 10.2. The number of carbonyl (C=O) groups is 2. The summed E-state index contributed by atoms with van der Waals surface area (Å²) in [6.45, 7) is 1.07. The first-order valence-corrected chi connectivity index (χ1v) is 6.37. The van der Waals surface area contributed by atoms with Crippen LogP contribution >= 0.6 is 0 Å². The van der Waals surface area contributed by atoms with Crippen LogP contribution in [0.15, 0.2) is 0 Å². The molecule has 3 aliphatic rings. The van der Waals surface area contributed by atoms with E-state index in [0.717, 1.165) is 0 Å². The van der Waals surface area contributed by atoms with Crippen molar-refractivity contribution >= 4 is 17.6 Å². The van der Waals surface area contributed by atoms with Crippen molar-refractivity contribution in [3.05, 3.63) is 0 Å². The molecule has 2 saturated heterocycles. The summed E-state index contributed by atoms with van der Waals surface area (Å²) in [4.78, 5) is 24.3. The van der Waals surface area contributed by atoms with Gasteiger partial charge in [-0.05, 0) is 0 Å². The predicted molar refractivity (Wildman–Crippen MR) is 58.8 cm³/mol. The molecule has 1 saturated carbocycles. The second-order valence-corrected chi connectivity index (χ2v) is 6.29. The van der Waals surface area contributed by atoms with Gasteiger partial charge in [-0.3, -0.25) is 0 Å². The molecule has 18 heavy (non-hydrogen) atoms. The molecule has 7 heteroatoms. The maximum atomic E-state index is 12.8. The summed E-state index contributed by atoms with van der Waals surface area (Å²) in [6, 6.07) is 0. The van der Waals surface area contributed by atoms with Crippen LogP contribution in [0.5, 0.6) is 0 Å². The number of nitrogens with zero attached hydrogens (tertiary/aromatic N) is 1. The monoisotopic (exact) mass is 261 g/mol. The molecule has 2 atom stereocenters. The van der Waals surface area contributed by atoms with Crippen molar-refractivity contribution in [2.75, 3.05) is 20.1 Å². The molecule has 100 valence electrons. The maximum absolute atomic E-state index is 12.8. The molecule has 3 rings (SSSR count). The van der Waals surface area contributed by atoms with E-state index in [1.807, 2.05) is 0 Å². The van der Waals surface area contributed by atoms with Gasteiger partial charge in [0.2, 0.25) is 0 Å². The van der Waals surface area contributed by atoms with Crippen LogP contribution in [0.1, 0.15) is 19.3 Å². The third kappa shape index (κ3) is 1.21. The Morgan fingerprint density at radius 2 is 1.67 bits per heavy atom. The molecule has 0 amide bonds. The van der Waals surface area contributed by atoms with E-state index in [1.165, 1.54) is 0 Å². The van der Waals surface area contributed by atoms with Gasteiger partial charge in [0.15, 0.2) is 0 Å². The Kier molecular flexibility index (Phi) is 2.16. The van der Waals surface area contributed by atoms with Crippen molar-refractivity contribution in [2.45, 2.75) is 31.3 Å². The number of rotatable bonds is 1. The van der Waals surface area contributed by atoms with Crippen molar-refractivity contribution in [1.29, 1.82) is 0 Å². The topological polar surface area (TPSA) is 34.1 Å². The minimum atomic E-state index is -4.27. The van der Waals surface area contributed by atoms with E-state index < -0.39 is 24.2 Å². The lowest BCUT2D eigenvalue weighted by Crippen LogP contribution is -2.66. The molecule has 0 bridgehead atoms. The van der Waals surface area contributed by atoms with E-state index in [1.54, 1.807) is 7.05 Å². The first-order valence-electron chi connectivity index (χ1n) is 6.37. The zero-order valence-electron chi connectivity index (χ0n) is 10.2. The maximum Gasteiger partial charge on any atom is 0.389 e. The lowest BCUT2D eigenvalue weighted by atomic mass is 9.26.